The third-order valence-corrected chi connectivity index (χ3v) is 6.44. The fraction of sp³-hybridized carbons (Fsp3) is 0.750. The van der Waals surface area contributed by atoms with E-state index in [1.54, 1.807) is 0 Å². The van der Waals surface area contributed by atoms with Crippen LogP contribution in [0.1, 0.15) is 96.3 Å². The number of hydrogen-bond acceptors (Lipinski definition) is 1. The molecule has 0 aromatic carbocycles. The Morgan fingerprint density at radius 3 is 2.19 bits per heavy atom. The predicted molar refractivity (Wildman–Crippen MR) is 110 cm³/mol. The zero-order valence-electron chi connectivity index (χ0n) is 16.5. The fourth-order valence-corrected chi connectivity index (χ4v) is 4.93. The molecule has 0 fully saturated rings. The van der Waals surface area contributed by atoms with Crippen LogP contribution in [0.25, 0.3) is 10.4 Å². The van der Waals surface area contributed by atoms with Crippen molar-refractivity contribution in [2.24, 2.45) is 16.4 Å². The molecule has 0 heterocycles. The van der Waals surface area contributed by atoms with Gasteiger partial charge in [0.05, 0.1) is 5.41 Å². The summed E-state index contributed by atoms with van der Waals surface area (Å²) >= 11 is 0. The number of hydrogen-bond donors (Lipinski definition) is 0. The summed E-state index contributed by atoms with van der Waals surface area (Å²) < 4.78 is 0. The van der Waals surface area contributed by atoms with Crippen LogP contribution in [-0.2, 0) is 0 Å². The Hall–Kier alpha value is -2.01. The molecule has 3 atom stereocenters. The SMILES string of the molecule is [N-]=[N+]=NC1(C2(C3C#CCCCCC3)C#CCCCCC2)C#CCCCCC1. The third-order valence-electron chi connectivity index (χ3n) is 6.44. The van der Waals surface area contributed by atoms with E-state index in [2.05, 4.69) is 45.5 Å². The zero-order valence-corrected chi connectivity index (χ0v) is 16.5. The summed E-state index contributed by atoms with van der Waals surface area (Å²) in [7, 11) is 0. The van der Waals surface area contributed by atoms with Crippen LogP contribution < -0.4 is 0 Å². The van der Waals surface area contributed by atoms with Crippen molar-refractivity contribution in [3.63, 3.8) is 0 Å². The van der Waals surface area contributed by atoms with Crippen molar-refractivity contribution in [1.82, 2.24) is 0 Å². The normalized spacial score (nSPS) is 33.9. The van der Waals surface area contributed by atoms with Crippen LogP contribution in [0.5, 0.6) is 0 Å². The van der Waals surface area contributed by atoms with Crippen LogP contribution in [0, 0.1) is 46.9 Å². The van der Waals surface area contributed by atoms with Crippen molar-refractivity contribution in [3.8, 4) is 35.5 Å². The summed E-state index contributed by atoms with van der Waals surface area (Å²) in [6, 6.07) is 0. The molecular weight excluding hydrogens is 330 g/mol. The smallest absolute Gasteiger partial charge is 0.103 e. The molecule has 3 aliphatic rings. The van der Waals surface area contributed by atoms with Crippen molar-refractivity contribution in [2.45, 2.75) is 102 Å². The Labute approximate surface area is 164 Å². The minimum absolute atomic E-state index is 0.155. The monoisotopic (exact) mass is 361 g/mol. The topological polar surface area (TPSA) is 48.8 Å². The van der Waals surface area contributed by atoms with Crippen LogP contribution in [0.2, 0.25) is 0 Å². The molecule has 3 aliphatic carbocycles. The van der Waals surface area contributed by atoms with Gasteiger partial charge in [-0.15, -0.1) is 17.8 Å². The second kappa shape index (κ2) is 9.79. The van der Waals surface area contributed by atoms with Gasteiger partial charge in [-0.25, -0.2) is 0 Å². The average molecular weight is 362 g/mol. The van der Waals surface area contributed by atoms with Crippen molar-refractivity contribution in [2.75, 3.05) is 0 Å². The molecule has 27 heavy (non-hydrogen) atoms. The molecule has 0 aromatic rings. The van der Waals surface area contributed by atoms with Crippen molar-refractivity contribution >= 4 is 0 Å². The number of nitrogens with zero attached hydrogens (tertiary/aromatic N) is 3. The first kappa shape index (κ1) is 19.7. The summed E-state index contributed by atoms with van der Waals surface area (Å²) in [5.74, 6) is 21.2. The van der Waals surface area contributed by atoms with Crippen molar-refractivity contribution < 1.29 is 0 Å². The van der Waals surface area contributed by atoms with E-state index in [1.165, 1.54) is 32.1 Å². The fourth-order valence-electron chi connectivity index (χ4n) is 4.93. The van der Waals surface area contributed by atoms with Crippen LogP contribution in [0.3, 0.4) is 0 Å². The molecule has 0 aromatic heterocycles. The molecule has 0 saturated heterocycles. The largest absolute Gasteiger partial charge is 0.127 e. The standard InChI is InChI=1S/C24H31N3/c25-27-26-24(20-14-8-3-9-15-21-24)23(18-12-6-2-7-13-19-23)22-16-10-4-1-5-11-17-22/h22H,1-10,12,14,16,18,20H2. The predicted octanol–water partition coefficient (Wildman–Crippen LogP) is 6.54. The molecule has 0 amide bonds. The van der Waals surface area contributed by atoms with Gasteiger partial charge in [-0.1, -0.05) is 61.4 Å². The van der Waals surface area contributed by atoms with Crippen LogP contribution >= 0.6 is 0 Å². The molecule has 142 valence electrons. The lowest BCUT2D eigenvalue weighted by Gasteiger charge is -2.46. The van der Waals surface area contributed by atoms with E-state index in [0.717, 1.165) is 64.2 Å². The third kappa shape index (κ3) is 4.46. The first-order chi connectivity index (χ1) is 13.3. The highest BCUT2D eigenvalue weighted by Gasteiger charge is 2.53. The molecular formula is C24H31N3. The molecule has 3 unspecified atom stereocenters. The summed E-state index contributed by atoms with van der Waals surface area (Å²) in [6.45, 7) is 0. The van der Waals surface area contributed by atoms with Crippen LogP contribution in [0.15, 0.2) is 5.11 Å². The van der Waals surface area contributed by atoms with Crippen molar-refractivity contribution in [1.29, 1.82) is 0 Å². The maximum absolute atomic E-state index is 9.52. The van der Waals surface area contributed by atoms with Gasteiger partial charge in [0.25, 0.3) is 0 Å². The molecule has 0 spiro atoms. The summed E-state index contributed by atoms with van der Waals surface area (Å²) in [6.07, 6.45) is 16.0. The highest BCUT2D eigenvalue weighted by atomic mass is 15.2. The summed E-state index contributed by atoms with van der Waals surface area (Å²) in [5.41, 5.74) is 8.37. The van der Waals surface area contributed by atoms with Gasteiger partial charge in [-0.2, -0.15) is 0 Å². The second-order valence-corrected chi connectivity index (χ2v) is 8.22. The van der Waals surface area contributed by atoms with Gasteiger partial charge in [0, 0.05) is 30.1 Å². The molecule has 3 heteroatoms. The number of azide groups is 1. The van der Waals surface area contributed by atoms with Gasteiger partial charge in [-0.05, 0) is 44.1 Å². The summed E-state index contributed by atoms with van der Waals surface area (Å²) in [4.78, 5) is 3.32. The molecule has 0 N–H and O–H groups in total. The maximum Gasteiger partial charge on any atom is 0.127 e. The molecule has 3 rings (SSSR count). The average Bonchev–Trinajstić information content (AvgIpc) is 2.58. The Morgan fingerprint density at radius 2 is 1.41 bits per heavy atom. The second-order valence-electron chi connectivity index (χ2n) is 8.22. The van der Waals surface area contributed by atoms with E-state index >= 15 is 0 Å². The molecule has 0 bridgehead atoms. The van der Waals surface area contributed by atoms with E-state index < -0.39 is 11.0 Å². The van der Waals surface area contributed by atoms with Crippen LogP contribution in [0.4, 0.5) is 0 Å². The molecule has 3 nitrogen and oxygen atoms in total. The van der Waals surface area contributed by atoms with E-state index in [9.17, 15) is 5.53 Å². The van der Waals surface area contributed by atoms with E-state index in [-0.39, 0.29) is 5.92 Å². The van der Waals surface area contributed by atoms with Crippen LogP contribution in [-0.4, -0.2) is 5.54 Å². The Balaban J connectivity index is 2.17. The Kier molecular flexibility index (Phi) is 7.16. The van der Waals surface area contributed by atoms with Gasteiger partial charge < -0.3 is 0 Å². The van der Waals surface area contributed by atoms with Gasteiger partial charge >= 0.3 is 0 Å². The highest BCUT2D eigenvalue weighted by molar-refractivity contribution is 5.37. The summed E-state index contributed by atoms with van der Waals surface area (Å²) in [5, 5.41) is 4.45. The Morgan fingerprint density at radius 1 is 0.741 bits per heavy atom. The van der Waals surface area contributed by atoms with E-state index in [4.69, 9.17) is 0 Å². The van der Waals surface area contributed by atoms with Gasteiger partial charge in [0.1, 0.15) is 5.54 Å². The van der Waals surface area contributed by atoms with Gasteiger partial charge in [-0.3, -0.25) is 0 Å². The van der Waals surface area contributed by atoms with Gasteiger partial charge in [0.2, 0.25) is 0 Å². The first-order valence-electron chi connectivity index (χ1n) is 10.9. The lowest BCUT2D eigenvalue weighted by atomic mass is 9.57. The zero-order chi connectivity index (χ0) is 18.8. The maximum atomic E-state index is 9.52. The Bertz CT molecular complexity index is 744. The molecule has 0 saturated carbocycles. The van der Waals surface area contributed by atoms with Gasteiger partial charge in [0.15, 0.2) is 0 Å². The van der Waals surface area contributed by atoms with E-state index in [1.807, 2.05) is 0 Å². The minimum atomic E-state index is -0.731. The lowest BCUT2D eigenvalue weighted by molar-refractivity contribution is 0.143. The highest BCUT2D eigenvalue weighted by Crippen LogP contribution is 2.51. The molecule has 0 radical (unpaired) electrons. The molecule has 0 aliphatic heterocycles. The quantitative estimate of drug-likeness (QED) is 0.237. The first-order valence-corrected chi connectivity index (χ1v) is 10.9. The minimum Gasteiger partial charge on any atom is -0.103 e. The number of rotatable bonds is 3. The van der Waals surface area contributed by atoms with E-state index in [0.29, 0.717) is 0 Å². The lowest BCUT2D eigenvalue weighted by Crippen LogP contribution is -2.50. The van der Waals surface area contributed by atoms with Crippen molar-refractivity contribution in [3.05, 3.63) is 10.4 Å².